The molecule has 1 atom stereocenters. The van der Waals surface area contributed by atoms with Crippen LogP contribution in [0.25, 0.3) is 0 Å². The molecule has 0 saturated carbocycles. The van der Waals surface area contributed by atoms with E-state index in [2.05, 4.69) is 15.6 Å². The van der Waals surface area contributed by atoms with Crippen molar-refractivity contribution < 1.29 is 14.5 Å². The highest BCUT2D eigenvalue weighted by Gasteiger charge is 2.29. The summed E-state index contributed by atoms with van der Waals surface area (Å²) in [5.41, 5.74) is 0.191. The van der Waals surface area contributed by atoms with Crippen LogP contribution in [0.2, 0.25) is 0 Å². The lowest BCUT2D eigenvalue weighted by atomic mass is 10.1. The Morgan fingerprint density at radius 2 is 2.08 bits per heavy atom. The van der Waals surface area contributed by atoms with E-state index in [9.17, 15) is 19.7 Å². The standard InChI is InChI=1S/C16H19N5O4/c22-14-10-13(18-16(19-14)20-7-2-1-3-8-20)15(23)17-11-5-4-6-12(9-11)21(24)25/h4-6,9,13H,1-3,7-8,10H2,(H,17,23)(H,18,19,22). The first-order valence-electron chi connectivity index (χ1n) is 8.21. The molecule has 9 heteroatoms. The summed E-state index contributed by atoms with van der Waals surface area (Å²) in [6.45, 7) is 1.61. The number of non-ortho nitro benzene ring substituents is 1. The Morgan fingerprint density at radius 1 is 1.32 bits per heavy atom. The molecule has 1 aromatic rings. The van der Waals surface area contributed by atoms with Crippen LogP contribution in [0.5, 0.6) is 0 Å². The van der Waals surface area contributed by atoms with E-state index < -0.39 is 16.9 Å². The lowest BCUT2D eigenvalue weighted by Crippen LogP contribution is -2.51. The van der Waals surface area contributed by atoms with Crippen LogP contribution in [0.3, 0.4) is 0 Å². The summed E-state index contributed by atoms with van der Waals surface area (Å²) in [5, 5.41) is 16.1. The summed E-state index contributed by atoms with van der Waals surface area (Å²) in [5.74, 6) is -0.269. The van der Waals surface area contributed by atoms with Crippen LogP contribution in [0.4, 0.5) is 11.4 Å². The number of nitro groups is 1. The van der Waals surface area contributed by atoms with Gasteiger partial charge in [-0.1, -0.05) is 6.07 Å². The number of carbonyl (C=O) groups excluding carboxylic acids is 2. The van der Waals surface area contributed by atoms with Crippen molar-refractivity contribution in [3.63, 3.8) is 0 Å². The quantitative estimate of drug-likeness (QED) is 0.632. The van der Waals surface area contributed by atoms with Gasteiger partial charge in [-0.2, -0.15) is 0 Å². The second-order valence-corrected chi connectivity index (χ2v) is 6.07. The number of nitrogens with zero attached hydrogens (tertiary/aromatic N) is 3. The van der Waals surface area contributed by atoms with Gasteiger partial charge in [0, 0.05) is 30.9 Å². The number of nitrogens with one attached hydrogen (secondary N) is 2. The molecule has 0 bridgehead atoms. The molecule has 1 aromatic carbocycles. The zero-order valence-electron chi connectivity index (χ0n) is 13.6. The maximum Gasteiger partial charge on any atom is 0.271 e. The van der Waals surface area contributed by atoms with E-state index in [1.54, 1.807) is 6.07 Å². The van der Waals surface area contributed by atoms with Crippen molar-refractivity contribution in [2.24, 2.45) is 4.99 Å². The summed E-state index contributed by atoms with van der Waals surface area (Å²) in [6, 6.07) is 4.82. The molecule has 0 aliphatic carbocycles. The van der Waals surface area contributed by atoms with Crippen LogP contribution in [-0.2, 0) is 9.59 Å². The molecule has 0 radical (unpaired) electrons. The fourth-order valence-electron chi connectivity index (χ4n) is 2.92. The molecule has 0 spiro atoms. The molecular weight excluding hydrogens is 326 g/mol. The largest absolute Gasteiger partial charge is 0.343 e. The number of amides is 2. The Hall–Kier alpha value is -2.97. The molecule has 2 heterocycles. The van der Waals surface area contributed by atoms with Crippen molar-refractivity contribution in [1.82, 2.24) is 10.2 Å². The third kappa shape index (κ3) is 4.11. The van der Waals surface area contributed by atoms with Gasteiger partial charge in [-0.3, -0.25) is 25.0 Å². The van der Waals surface area contributed by atoms with Gasteiger partial charge in [-0.25, -0.2) is 4.99 Å². The third-order valence-electron chi connectivity index (χ3n) is 4.19. The Kier molecular flexibility index (Phi) is 4.92. The minimum atomic E-state index is -0.843. The number of likely N-dealkylation sites (tertiary alicyclic amines) is 1. The van der Waals surface area contributed by atoms with Gasteiger partial charge in [0.1, 0.15) is 6.04 Å². The minimum Gasteiger partial charge on any atom is -0.343 e. The van der Waals surface area contributed by atoms with Crippen molar-refractivity contribution in [3.05, 3.63) is 34.4 Å². The topological polar surface area (TPSA) is 117 Å². The predicted octanol–water partition coefficient (Wildman–Crippen LogP) is 1.26. The van der Waals surface area contributed by atoms with E-state index in [4.69, 9.17) is 0 Å². The van der Waals surface area contributed by atoms with Crippen LogP contribution < -0.4 is 10.6 Å². The number of nitro benzene ring substituents is 1. The first kappa shape index (κ1) is 16.9. The molecular formula is C16H19N5O4. The third-order valence-corrected chi connectivity index (χ3v) is 4.19. The van der Waals surface area contributed by atoms with Crippen molar-refractivity contribution in [3.8, 4) is 0 Å². The number of guanidine groups is 1. The predicted molar refractivity (Wildman–Crippen MR) is 91.1 cm³/mol. The van der Waals surface area contributed by atoms with Gasteiger partial charge in [0.2, 0.25) is 17.8 Å². The Morgan fingerprint density at radius 3 is 2.80 bits per heavy atom. The van der Waals surface area contributed by atoms with E-state index in [0.717, 1.165) is 32.4 Å². The molecule has 2 aliphatic rings. The van der Waals surface area contributed by atoms with Crippen LogP contribution in [0.15, 0.2) is 29.3 Å². The first-order valence-corrected chi connectivity index (χ1v) is 8.21. The van der Waals surface area contributed by atoms with Gasteiger partial charge in [-0.15, -0.1) is 0 Å². The van der Waals surface area contributed by atoms with Crippen LogP contribution in [-0.4, -0.2) is 46.7 Å². The zero-order valence-corrected chi connectivity index (χ0v) is 13.6. The molecule has 2 aliphatic heterocycles. The van der Waals surface area contributed by atoms with E-state index in [-0.39, 0.29) is 18.0 Å². The lowest BCUT2D eigenvalue weighted by molar-refractivity contribution is -0.384. The highest BCUT2D eigenvalue weighted by atomic mass is 16.6. The smallest absolute Gasteiger partial charge is 0.271 e. The van der Waals surface area contributed by atoms with Crippen LogP contribution >= 0.6 is 0 Å². The number of piperidine rings is 1. The maximum absolute atomic E-state index is 12.4. The van der Waals surface area contributed by atoms with Gasteiger partial charge < -0.3 is 10.2 Å². The summed E-state index contributed by atoms with van der Waals surface area (Å²) < 4.78 is 0. The molecule has 9 nitrogen and oxygen atoms in total. The number of anilines is 1. The highest BCUT2D eigenvalue weighted by molar-refractivity contribution is 6.06. The van der Waals surface area contributed by atoms with E-state index >= 15 is 0 Å². The lowest BCUT2D eigenvalue weighted by Gasteiger charge is -2.32. The highest BCUT2D eigenvalue weighted by Crippen LogP contribution is 2.19. The van der Waals surface area contributed by atoms with Crippen LogP contribution in [0.1, 0.15) is 25.7 Å². The Labute approximate surface area is 144 Å². The van der Waals surface area contributed by atoms with Gasteiger partial charge in [0.15, 0.2) is 0 Å². The zero-order chi connectivity index (χ0) is 17.8. The van der Waals surface area contributed by atoms with E-state index in [1.165, 1.54) is 18.2 Å². The Bertz CT molecular complexity index is 727. The number of aliphatic imine (C=N–C) groups is 1. The van der Waals surface area contributed by atoms with Gasteiger partial charge in [-0.05, 0) is 25.3 Å². The van der Waals surface area contributed by atoms with Gasteiger partial charge >= 0.3 is 0 Å². The van der Waals surface area contributed by atoms with E-state index in [0.29, 0.717) is 11.6 Å². The van der Waals surface area contributed by atoms with E-state index in [1.807, 2.05) is 4.90 Å². The number of hydrogen-bond donors (Lipinski definition) is 2. The van der Waals surface area contributed by atoms with Gasteiger partial charge in [0.25, 0.3) is 5.69 Å². The van der Waals surface area contributed by atoms with Gasteiger partial charge in [0.05, 0.1) is 11.3 Å². The van der Waals surface area contributed by atoms with Crippen molar-refractivity contribution in [2.45, 2.75) is 31.7 Å². The first-order chi connectivity index (χ1) is 12.0. The average Bonchev–Trinajstić information content (AvgIpc) is 2.62. The fourth-order valence-corrected chi connectivity index (χ4v) is 2.92. The molecule has 2 amide bonds. The molecule has 1 fully saturated rings. The monoisotopic (exact) mass is 345 g/mol. The number of benzene rings is 1. The molecule has 1 unspecified atom stereocenters. The summed E-state index contributed by atoms with van der Waals surface area (Å²) >= 11 is 0. The number of hydrogen-bond acceptors (Lipinski definition) is 6. The Balaban J connectivity index is 1.73. The normalized spacial score (nSPS) is 20.5. The molecule has 1 saturated heterocycles. The summed E-state index contributed by atoms with van der Waals surface area (Å²) in [6.07, 6.45) is 3.16. The minimum absolute atomic E-state index is 0.0436. The van der Waals surface area contributed by atoms with Crippen LogP contribution in [0, 0.1) is 10.1 Å². The second-order valence-electron chi connectivity index (χ2n) is 6.07. The number of rotatable bonds is 3. The fraction of sp³-hybridized carbons (Fsp3) is 0.438. The molecule has 2 N–H and O–H groups in total. The number of carbonyl (C=O) groups is 2. The van der Waals surface area contributed by atoms with Crippen molar-refractivity contribution in [1.29, 1.82) is 0 Å². The molecule has 3 rings (SSSR count). The maximum atomic E-state index is 12.4. The average molecular weight is 345 g/mol. The summed E-state index contributed by atoms with van der Waals surface area (Å²) in [7, 11) is 0. The van der Waals surface area contributed by atoms with Crippen molar-refractivity contribution >= 4 is 29.1 Å². The molecule has 132 valence electrons. The molecule has 0 aromatic heterocycles. The molecule has 25 heavy (non-hydrogen) atoms. The van der Waals surface area contributed by atoms with Crippen molar-refractivity contribution in [2.75, 3.05) is 18.4 Å². The second kappa shape index (κ2) is 7.29. The summed E-state index contributed by atoms with van der Waals surface area (Å²) in [4.78, 5) is 41.0. The SMILES string of the molecule is O=C1CC(C(=O)Nc2cccc([N+](=O)[O-])c2)N=C(N2CCCCC2)N1.